The Kier molecular flexibility index (Phi) is 4.77. The summed E-state index contributed by atoms with van der Waals surface area (Å²) < 4.78 is 0. The molecule has 2 nitrogen and oxygen atoms in total. The average molecular weight is 227 g/mol. The van der Waals surface area contributed by atoms with Gasteiger partial charge < -0.3 is 10.4 Å². The van der Waals surface area contributed by atoms with E-state index in [-0.39, 0.29) is 0 Å². The second kappa shape index (κ2) is 5.64. The zero-order valence-electron chi connectivity index (χ0n) is 9.79. The third-order valence-electron chi connectivity index (χ3n) is 2.72. The monoisotopic (exact) mass is 227 g/mol. The number of aliphatic hydroxyl groups is 1. The van der Waals surface area contributed by atoms with Crippen molar-refractivity contribution in [1.29, 1.82) is 0 Å². The second-order valence-electron chi connectivity index (χ2n) is 4.47. The van der Waals surface area contributed by atoms with Crippen LogP contribution >= 0.6 is 11.3 Å². The molecule has 15 heavy (non-hydrogen) atoms. The molecule has 0 aliphatic carbocycles. The van der Waals surface area contributed by atoms with Crippen molar-refractivity contribution in [3.8, 4) is 0 Å². The number of hydrogen-bond acceptors (Lipinski definition) is 3. The van der Waals surface area contributed by atoms with Gasteiger partial charge in [-0.05, 0) is 49.1 Å². The topological polar surface area (TPSA) is 32.3 Å². The van der Waals surface area contributed by atoms with Crippen LogP contribution in [0.15, 0.2) is 16.8 Å². The molecule has 3 heteroatoms. The fraction of sp³-hybridized carbons (Fsp3) is 0.667. The highest BCUT2D eigenvalue weighted by molar-refractivity contribution is 7.07. The van der Waals surface area contributed by atoms with E-state index in [0.717, 1.165) is 12.8 Å². The Balaban J connectivity index is 2.28. The highest BCUT2D eigenvalue weighted by Gasteiger charge is 2.17. The van der Waals surface area contributed by atoms with Crippen LogP contribution in [0.4, 0.5) is 0 Å². The van der Waals surface area contributed by atoms with Crippen molar-refractivity contribution in [3.63, 3.8) is 0 Å². The van der Waals surface area contributed by atoms with Crippen molar-refractivity contribution in [2.45, 2.75) is 45.3 Å². The van der Waals surface area contributed by atoms with Gasteiger partial charge in [0.25, 0.3) is 0 Å². The van der Waals surface area contributed by atoms with Gasteiger partial charge in [-0.15, -0.1) is 0 Å². The normalized spacial score (nSPS) is 17.3. The molecule has 1 rings (SSSR count). The molecular formula is C12H21NOS. The van der Waals surface area contributed by atoms with Gasteiger partial charge in [0, 0.05) is 12.6 Å². The minimum absolute atomic E-state index is 0.414. The molecule has 0 amide bonds. The lowest BCUT2D eigenvalue weighted by Crippen LogP contribution is -2.41. The summed E-state index contributed by atoms with van der Waals surface area (Å²) in [5.74, 6) is 0. The summed E-state index contributed by atoms with van der Waals surface area (Å²) in [6.45, 7) is 6.70. The number of rotatable bonds is 6. The first-order valence-electron chi connectivity index (χ1n) is 5.50. The van der Waals surface area contributed by atoms with E-state index in [0.29, 0.717) is 12.6 Å². The first-order valence-corrected chi connectivity index (χ1v) is 6.44. The van der Waals surface area contributed by atoms with E-state index in [4.69, 9.17) is 0 Å². The lowest BCUT2D eigenvalue weighted by atomic mass is 10.0. The van der Waals surface area contributed by atoms with Gasteiger partial charge in [-0.1, -0.05) is 6.92 Å². The van der Waals surface area contributed by atoms with E-state index < -0.39 is 5.60 Å². The smallest absolute Gasteiger partial charge is 0.0741 e. The molecule has 1 heterocycles. The molecular weight excluding hydrogens is 206 g/mol. The van der Waals surface area contributed by atoms with Crippen molar-refractivity contribution in [2.75, 3.05) is 6.54 Å². The quantitative estimate of drug-likeness (QED) is 0.782. The molecule has 2 N–H and O–H groups in total. The molecule has 0 aromatic carbocycles. The summed E-state index contributed by atoms with van der Waals surface area (Å²) in [5.41, 5.74) is 0.791. The highest BCUT2D eigenvalue weighted by Crippen LogP contribution is 2.10. The van der Waals surface area contributed by atoms with Gasteiger partial charge in [0.1, 0.15) is 0 Å². The van der Waals surface area contributed by atoms with Gasteiger partial charge >= 0.3 is 0 Å². The Morgan fingerprint density at radius 1 is 1.60 bits per heavy atom. The van der Waals surface area contributed by atoms with Crippen molar-refractivity contribution in [3.05, 3.63) is 22.4 Å². The average Bonchev–Trinajstić information content (AvgIpc) is 2.68. The maximum absolute atomic E-state index is 9.84. The standard InChI is InChI=1S/C12H21NOS/c1-4-12(3,14)9-13-10(2)7-11-5-6-15-8-11/h5-6,8,10,13-14H,4,7,9H2,1-3H3. The molecule has 0 spiro atoms. The van der Waals surface area contributed by atoms with Crippen LogP contribution in [0, 0.1) is 0 Å². The van der Waals surface area contributed by atoms with Gasteiger partial charge in [0.05, 0.1) is 5.60 Å². The lowest BCUT2D eigenvalue weighted by Gasteiger charge is -2.24. The molecule has 0 radical (unpaired) electrons. The van der Waals surface area contributed by atoms with Crippen LogP contribution in [0.3, 0.4) is 0 Å². The van der Waals surface area contributed by atoms with Crippen molar-refractivity contribution < 1.29 is 5.11 Å². The van der Waals surface area contributed by atoms with Gasteiger partial charge in [0.2, 0.25) is 0 Å². The Hall–Kier alpha value is -0.380. The van der Waals surface area contributed by atoms with Gasteiger partial charge in [-0.3, -0.25) is 0 Å². The van der Waals surface area contributed by atoms with Crippen LogP contribution < -0.4 is 5.32 Å². The van der Waals surface area contributed by atoms with E-state index in [1.165, 1.54) is 5.56 Å². The Morgan fingerprint density at radius 3 is 2.87 bits per heavy atom. The van der Waals surface area contributed by atoms with Crippen molar-refractivity contribution in [1.82, 2.24) is 5.32 Å². The molecule has 0 aliphatic heterocycles. The second-order valence-corrected chi connectivity index (χ2v) is 5.25. The number of nitrogens with one attached hydrogen (secondary N) is 1. The van der Waals surface area contributed by atoms with Crippen molar-refractivity contribution in [2.24, 2.45) is 0 Å². The van der Waals surface area contributed by atoms with Crippen LogP contribution in [0.2, 0.25) is 0 Å². The highest BCUT2D eigenvalue weighted by atomic mass is 32.1. The van der Waals surface area contributed by atoms with E-state index in [1.807, 2.05) is 13.8 Å². The fourth-order valence-electron chi connectivity index (χ4n) is 1.35. The number of thiophene rings is 1. The summed E-state index contributed by atoms with van der Waals surface area (Å²) in [4.78, 5) is 0. The minimum Gasteiger partial charge on any atom is -0.389 e. The fourth-order valence-corrected chi connectivity index (χ4v) is 2.04. The van der Waals surface area contributed by atoms with Crippen molar-refractivity contribution >= 4 is 11.3 Å². The predicted octanol–water partition coefficient (Wildman–Crippen LogP) is 2.43. The zero-order chi connectivity index (χ0) is 11.3. The van der Waals surface area contributed by atoms with E-state index in [1.54, 1.807) is 11.3 Å². The van der Waals surface area contributed by atoms with E-state index >= 15 is 0 Å². The first-order chi connectivity index (χ1) is 7.03. The lowest BCUT2D eigenvalue weighted by molar-refractivity contribution is 0.0534. The summed E-state index contributed by atoms with van der Waals surface area (Å²) in [7, 11) is 0. The van der Waals surface area contributed by atoms with Gasteiger partial charge in [0.15, 0.2) is 0 Å². The maximum Gasteiger partial charge on any atom is 0.0741 e. The molecule has 0 aliphatic rings. The summed E-state index contributed by atoms with van der Waals surface area (Å²) in [6.07, 6.45) is 1.81. The molecule has 1 aromatic heterocycles. The largest absolute Gasteiger partial charge is 0.389 e. The molecule has 1 aromatic rings. The SMILES string of the molecule is CCC(C)(O)CNC(C)Cc1ccsc1. The van der Waals surface area contributed by atoms with Crippen LogP contribution in [-0.4, -0.2) is 23.3 Å². The molecule has 0 saturated heterocycles. The number of hydrogen-bond donors (Lipinski definition) is 2. The van der Waals surface area contributed by atoms with Gasteiger partial charge in [-0.2, -0.15) is 11.3 Å². The zero-order valence-corrected chi connectivity index (χ0v) is 10.6. The predicted molar refractivity (Wildman–Crippen MR) is 66.4 cm³/mol. The van der Waals surface area contributed by atoms with Crippen LogP contribution in [-0.2, 0) is 6.42 Å². The van der Waals surface area contributed by atoms with Crippen LogP contribution in [0.25, 0.3) is 0 Å². The summed E-state index contributed by atoms with van der Waals surface area (Å²) in [6, 6.07) is 2.57. The molecule has 2 unspecified atom stereocenters. The Labute approximate surface area is 96.3 Å². The first kappa shape index (κ1) is 12.7. The molecule has 0 saturated carbocycles. The third-order valence-corrected chi connectivity index (χ3v) is 3.45. The minimum atomic E-state index is -0.580. The molecule has 86 valence electrons. The molecule has 0 bridgehead atoms. The molecule has 2 atom stereocenters. The van der Waals surface area contributed by atoms with Crippen LogP contribution in [0.1, 0.15) is 32.8 Å². The van der Waals surface area contributed by atoms with E-state index in [9.17, 15) is 5.11 Å². The third kappa shape index (κ3) is 4.78. The Morgan fingerprint density at radius 2 is 2.33 bits per heavy atom. The summed E-state index contributed by atoms with van der Waals surface area (Å²) in [5, 5.41) is 17.5. The van der Waals surface area contributed by atoms with Crippen LogP contribution in [0.5, 0.6) is 0 Å². The Bertz CT molecular complexity index is 269. The molecule has 0 fully saturated rings. The van der Waals surface area contributed by atoms with E-state index in [2.05, 4.69) is 29.1 Å². The van der Waals surface area contributed by atoms with Gasteiger partial charge in [-0.25, -0.2) is 0 Å². The summed E-state index contributed by atoms with van der Waals surface area (Å²) >= 11 is 1.73. The maximum atomic E-state index is 9.84.